The van der Waals surface area contributed by atoms with Gasteiger partial charge in [0.25, 0.3) is 0 Å². The minimum absolute atomic E-state index is 0.435. The summed E-state index contributed by atoms with van der Waals surface area (Å²) in [6, 6.07) is 0. The van der Waals surface area contributed by atoms with E-state index in [0.717, 1.165) is 0 Å². The molecule has 1 atom stereocenters. The molecular formula is C10H17. The van der Waals surface area contributed by atoms with E-state index in [1.54, 1.807) is 0 Å². The molecule has 1 unspecified atom stereocenters. The molecule has 1 radical (unpaired) electrons. The van der Waals surface area contributed by atoms with Crippen LogP contribution in [0, 0.1) is 11.8 Å². The van der Waals surface area contributed by atoms with Crippen molar-refractivity contribution in [2.24, 2.45) is 5.92 Å². The zero-order valence-electron chi connectivity index (χ0n) is 7.49. The number of hydrogen-bond acceptors (Lipinski definition) is 0. The Labute approximate surface area is 64.6 Å². The van der Waals surface area contributed by atoms with Gasteiger partial charge in [-0.1, -0.05) is 45.1 Å². The maximum absolute atomic E-state index is 3.98. The van der Waals surface area contributed by atoms with Crippen LogP contribution < -0.4 is 0 Å². The van der Waals surface area contributed by atoms with Crippen molar-refractivity contribution in [3.63, 3.8) is 0 Å². The lowest BCUT2D eigenvalue weighted by atomic mass is 9.89. The van der Waals surface area contributed by atoms with Gasteiger partial charge >= 0.3 is 0 Å². The molecule has 0 aromatic carbocycles. The van der Waals surface area contributed by atoms with Gasteiger partial charge in [-0.2, -0.15) is 0 Å². The SMILES string of the molecule is C=C(C)C(C)C(=C)[C](C)C. The number of rotatable bonds is 3. The second-order valence-corrected chi connectivity index (χ2v) is 3.09. The molecule has 0 saturated carbocycles. The lowest BCUT2D eigenvalue weighted by Gasteiger charge is -2.16. The lowest BCUT2D eigenvalue weighted by molar-refractivity contribution is 0.783. The van der Waals surface area contributed by atoms with Gasteiger partial charge in [-0.05, 0) is 18.8 Å². The summed E-state index contributed by atoms with van der Waals surface area (Å²) in [7, 11) is 0. The van der Waals surface area contributed by atoms with Gasteiger partial charge in [0.1, 0.15) is 0 Å². The third-order valence-electron chi connectivity index (χ3n) is 1.90. The lowest BCUT2D eigenvalue weighted by Crippen LogP contribution is -2.03. The monoisotopic (exact) mass is 137 g/mol. The minimum atomic E-state index is 0.435. The molecule has 0 fully saturated rings. The number of allylic oxidation sites excluding steroid dienone is 2. The average Bonchev–Trinajstić information content (AvgIpc) is 1.84. The van der Waals surface area contributed by atoms with Crippen LogP contribution in [0.15, 0.2) is 24.3 Å². The first-order valence-corrected chi connectivity index (χ1v) is 3.61. The fourth-order valence-electron chi connectivity index (χ4n) is 0.730. The van der Waals surface area contributed by atoms with Gasteiger partial charge in [0, 0.05) is 0 Å². The highest BCUT2D eigenvalue weighted by Gasteiger charge is 2.09. The molecule has 0 rings (SSSR count). The van der Waals surface area contributed by atoms with Gasteiger partial charge in [-0.25, -0.2) is 0 Å². The van der Waals surface area contributed by atoms with Crippen molar-refractivity contribution in [3.05, 3.63) is 30.2 Å². The molecular weight excluding hydrogens is 120 g/mol. The zero-order valence-corrected chi connectivity index (χ0v) is 7.49. The van der Waals surface area contributed by atoms with Crippen molar-refractivity contribution in [2.45, 2.75) is 27.7 Å². The Balaban J connectivity index is 4.08. The quantitative estimate of drug-likeness (QED) is 0.523. The molecule has 0 aromatic rings. The van der Waals surface area contributed by atoms with Gasteiger partial charge in [0.2, 0.25) is 0 Å². The van der Waals surface area contributed by atoms with Crippen LogP contribution >= 0.6 is 0 Å². The van der Waals surface area contributed by atoms with Crippen LogP contribution in [0.25, 0.3) is 0 Å². The molecule has 0 heterocycles. The van der Waals surface area contributed by atoms with Crippen LogP contribution in [0.2, 0.25) is 0 Å². The molecule has 0 aromatic heterocycles. The summed E-state index contributed by atoms with van der Waals surface area (Å²) in [4.78, 5) is 0. The maximum atomic E-state index is 3.98. The first kappa shape index (κ1) is 9.48. The highest BCUT2D eigenvalue weighted by molar-refractivity contribution is 5.25. The average molecular weight is 137 g/mol. The maximum Gasteiger partial charge on any atom is -0.00239 e. The van der Waals surface area contributed by atoms with Crippen molar-refractivity contribution in [3.8, 4) is 0 Å². The van der Waals surface area contributed by atoms with Gasteiger partial charge < -0.3 is 0 Å². The molecule has 10 heavy (non-hydrogen) atoms. The Morgan fingerprint density at radius 1 is 1.10 bits per heavy atom. The Morgan fingerprint density at radius 3 is 1.60 bits per heavy atom. The van der Waals surface area contributed by atoms with Crippen LogP contribution in [0.4, 0.5) is 0 Å². The molecule has 0 N–H and O–H groups in total. The molecule has 0 amide bonds. The predicted octanol–water partition coefficient (Wildman–Crippen LogP) is 3.37. The van der Waals surface area contributed by atoms with E-state index in [4.69, 9.17) is 0 Å². The summed E-state index contributed by atoms with van der Waals surface area (Å²) in [5.41, 5.74) is 2.39. The van der Waals surface area contributed by atoms with Crippen molar-refractivity contribution < 1.29 is 0 Å². The van der Waals surface area contributed by atoms with E-state index >= 15 is 0 Å². The molecule has 0 nitrogen and oxygen atoms in total. The van der Waals surface area contributed by atoms with Gasteiger partial charge in [-0.15, -0.1) is 0 Å². The molecule has 0 aliphatic rings. The largest absolute Gasteiger partial charge is 0.0995 e. The van der Waals surface area contributed by atoms with Crippen molar-refractivity contribution >= 4 is 0 Å². The van der Waals surface area contributed by atoms with Crippen LogP contribution in [-0.2, 0) is 0 Å². The molecule has 57 valence electrons. The van der Waals surface area contributed by atoms with Gasteiger partial charge in [-0.3, -0.25) is 0 Å². The van der Waals surface area contributed by atoms with Crippen LogP contribution in [0.5, 0.6) is 0 Å². The number of hydrogen-bond donors (Lipinski definition) is 0. The summed E-state index contributed by atoms with van der Waals surface area (Å²) < 4.78 is 0. The first-order chi connectivity index (χ1) is 4.46. The van der Waals surface area contributed by atoms with E-state index in [9.17, 15) is 0 Å². The first-order valence-electron chi connectivity index (χ1n) is 3.61. The van der Waals surface area contributed by atoms with E-state index in [0.29, 0.717) is 5.92 Å². The van der Waals surface area contributed by atoms with Crippen LogP contribution in [-0.4, -0.2) is 0 Å². The molecule has 0 bridgehead atoms. The molecule has 0 saturated heterocycles. The summed E-state index contributed by atoms with van der Waals surface area (Å²) in [5, 5.41) is 0. The summed E-state index contributed by atoms with van der Waals surface area (Å²) >= 11 is 0. The third kappa shape index (κ3) is 2.38. The summed E-state index contributed by atoms with van der Waals surface area (Å²) in [5.74, 6) is 1.74. The summed E-state index contributed by atoms with van der Waals surface area (Å²) in [6.07, 6.45) is 0. The van der Waals surface area contributed by atoms with E-state index in [2.05, 4.69) is 33.9 Å². The predicted molar refractivity (Wildman–Crippen MR) is 47.7 cm³/mol. The summed E-state index contributed by atoms with van der Waals surface area (Å²) in [6.45, 7) is 16.2. The Bertz CT molecular complexity index is 140. The fraction of sp³-hybridized carbons (Fsp3) is 0.500. The van der Waals surface area contributed by atoms with Crippen LogP contribution in [0.3, 0.4) is 0 Å². The van der Waals surface area contributed by atoms with Gasteiger partial charge in [0.05, 0.1) is 0 Å². The van der Waals surface area contributed by atoms with E-state index in [1.165, 1.54) is 17.1 Å². The molecule has 0 aliphatic heterocycles. The Morgan fingerprint density at radius 2 is 1.50 bits per heavy atom. The van der Waals surface area contributed by atoms with Gasteiger partial charge in [0.15, 0.2) is 0 Å². The second kappa shape index (κ2) is 3.60. The molecule has 0 aliphatic carbocycles. The molecule has 0 spiro atoms. The minimum Gasteiger partial charge on any atom is -0.0995 e. The van der Waals surface area contributed by atoms with Crippen molar-refractivity contribution in [2.75, 3.05) is 0 Å². The zero-order chi connectivity index (χ0) is 8.31. The normalized spacial score (nSPS) is 13.3. The van der Waals surface area contributed by atoms with Crippen LogP contribution in [0.1, 0.15) is 27.7 Å². The topological polar surface area (TPSA) is 0 Å². The van der Waals surface area contributed by atoms with Crippen molar-refractivity contribution in [1.29, 1.82) is 0 Å². The highest BCUT2D eigenvalue weighted by atomic mass is 14.1. The van der Waals surface area contributed by atoms with E-state index in [1.807, 2.05) is 6.92 Å². The third-order valence-corrected chi connectivity index (χ3v) is 1.90. The smallest absolute Gasteiger partial charge is 0.00239 e. The van der Waals surface area contributed by atoms with E-state index in [-0.39, 0.29) is 0 Å². The standard InChI is InChI=1S/C10H17/c1-7(2)9(5)10(6)8(3)4/h9H,1,6H2,2-5H3. The Hall–Kier alpha value is -0.520. The van der Waals surface area contributed by atoms with E-state index < -0.39 is 0 Å². The Kier molecular flexibility index (Phi) is 3.41. The van der Waals surface area contributed by atoms with Crippen molar-refractivity contribution in [1.82, 2.24) is 0 Å². The second-order valence-electron chi connectivity index (χ2n) is 3.09. The highest BCUT2D eigenvalue weighted by Crippen LogP contribution is 2.23. The molecule has 0 heteroatoms. The fourth-order valence-corrected chi connectivity index (χ4v) is 0.730.